The van der Waals surface area contributed by atoms with Crippen molar-refractivity contribution >= 4 is 48.9 Å². The Hall–Kier alpha value is -1.38. The molecular weight excluding hydrogens is 390 g/mol. The van der Waals surface area contributed by atoms with E-state index in [0.717, 1.165) is 6.07 Å². The number of halogens is 4. The average molecular weight is 398 g/mol. The van der Waals surface area contributed by atoms with Gasteiger partial charge in [-0.15, -0.1) is 0 Å². The van der Waals surface area contributed by atoms with E-state index in [1.165, 1.54) is 18.2 Å². The molecule has 4 nitrogen and oxygen atoms in total. The maximum Gasteiger partial charge on any atom is 0.263 e. The summed E-state index contributed by atoms with van der Waals surface area (Å²) >= 11 is 8.66. The van der Waals surface area contributed by atoms with Gasteiger partial charge in [0, 0.05) is 11.8 Å². The molecule has 0 radical (unpaired) electrons. The minimum absolute atomic E-state index is 0.0787. The van der Waals surface area contributed by atoms with Crippen LogP contribution in [-0.4, -0.2) is 8.42 Å². The zero-order chi connectivity index (χ0) is 15.8. The smallest absolute Gasteiger partial charge is 0.263 e. The first-order chi connectivity index (χ1) is 9.70. The monoisotopic (exact) mass is 396 g/mol. The van der Waals surface area contributed by atoms with Crippen LogP contribution in [0.5, 0.6) is 0 Å². The first-order valence-corrected chi connectivity index (χ1v) is 8.08. The molecule has 0 aliphatic carbocycles. The molecule has 0 aliphatic heterocycles. The molecule has 0 saturated carbocycles. The third-order valence-corrected chi connectivity index (χ3v) is 4.96. The molecule has 0 amide bonds. The molecule has 2 rings (SSSR count). The van der Waals surface area contributed by atoms with Gasteiger partial charge in [0.2, 0.25) is 0 Å². The van der Waals surface area contributed by atoms with Crippen molar-refractivity contribution in [3.8, 4) is 0 Å². The molecule has 3 N–H and O–H groups in total. The van der Waals surface area contributed by atoms with Crippen molar-refractivity contribution in [2.24, 2.45) is 0 Å². The van der Waals surface area contributed by atoms with E-state index in [2.05, 4.69) is 15.9 Å². The van der Waals surface area contributed by atoms with Crippen LogP contribution in [0.25, 0.3) is 0 Å². The van der Waals surface area contributed by atoms with E-state index in [4.69, 9.17) is 17.3 Å². The Bertz CT molecular complexity index is 815. The molecule has 0 unspecified atom stereocenters. The van der Waals surface area contributed by atoms with Gasteiger partial charge in [0.15, 0.2) is 0 Å². The summed E-state index contributed by atoms with van der Waals surface area (Å²) < 4.78 is 53.0. The summed E-state index contributed by atoms with van der Waals surface area (Å²) in [5, 5.41) is -0.107. The summed E-state index contributed by atoms with van der Waals surface area (Å²) in [5.74, 6) is -1.90. The normalized spacial score (nSPS) is 11.4. The minimum atomic E-state index is -4.13. The van der Waals surface area contributed by atoms with E-state index in [1.54, 1.807) is 0 Å². The Balaban J connectivity index is 2.45. The van der Waals surface area contributed by atoms with E-state index in [-0.39, 0.29) is 20.1 Å². The predicted octanol–water partition coefficient (Wildman–Crippen LogP) is 3.76. The van der Waals surface area contributed by atoms with E-state index < -0.39 is 27.3 Å². The highest BCUT2D eigenvalue weighted by Gasteiger charge is 2.20. The van der Waals surface area contributed by atoms with Crippen LogP contribution in [0, 0.1) is 11.6 Å². The van der Waals surface area contributed by atoms with Crippen molar-refractivity contribution in [3.05, 3.63) is 51.5 Å². The largest absolute Gasteiger partial charge is 0.399 e. The van der Waals surface area contributed by atoms with Crippen LogP contribution in [0.4, 0.5) is 20.2 Å². The summed E-state index contributed by atoms with van der Waals surface area (Å²) in [5.41, 5.74) is 5.36. The summed E-state index contributed by atoms with van der Waals surface area (Å²) in [6.07, 6.45) is 0. The van der Waals surface area contributed by atoms with Gasteiger partial charge >= 0.3 is 0 Å². The molecule has 0 aromatic heterocycles. The molecule has 112 valence electrons. The number of nitrogens with two attached hydrogens (primary N) is 1. The van der Waals surface area contributed by atoms with Gasteiger partial charge in [0.05, 0.1) is 15.2 Å². The zero-order valence-corrected chi connectivity index (χ0v) is 13.4. The summed E-state index contributed by atoms with van der Waals surface area (Å²) in [6, 6.07) is 5.33. The molecule has 0 spiro atoms. The van der Waals surface area contributed by atoms with Gasteiger partial charge < -0.3 is 5.73 Å². The molecule has 0 heterocycles. The van der Waals surface area contributed by atoms with Gasteiger partial charge in [-0.3, -0.25) is 4.72 Å². The fourth-order valence-corrected chi connectivity index (χ4v) is 3.49. The number of anilines is 2. The summed E-state index contributed by atoms with van der Waals surface area (Å²) in [7, 11) is -4.13. The molecule has 9 heteroatoms. The van der Waals surface area contributed by atoms with E-state index >= 15 is 0 Å². The highest BCUT2D eigenvalue weighted by Crippen LogP contribution is 2.29. The van der Waals surface area contributed by atoms with Crippen LogP contribution in [0.3, 0.4) is 0 Å². The maximum atomic E-state index is 13.6. The van der Waals surface area contributed by atoms with Gasteiger partial charge in [0.1, 0.15) is 16.5 Å². The Morgan fingerprint density at radius 2 is 1.81 bits per heavy atom. The third kappa shape index (κ3) is 3.45. The first kappa shape index (κ1) is 16.0. The van der Waals surface area contributed by atoms with Gasteiger partial charge in [0.25, 0.3) is 10.0 Å². The van der Waals surface area contributed by atoms with Crippen LogP contribution in [-0.2, 0) is 10.0 Å². The number of nitrogen functional groups attached to an aromatic ring is 1. The van der Waals surface area contributed by atoms with Crippen molar-refractivity contribution in [1.82, 2.24) is 0 Å². The van der Waals surface area contributed by atoms with Gasteiger partial charge in [-0.1, -0.05) is 11.6 Å². The van der Waals surface area contributed by atoms with Crippen molar-refractivity contribution in [1.29, 1.82) is 0 Å². The lowest BCUT2D eigenvalue weighted by atomic mass is 10.3. The molecule has 0 saturated heterocycles. The van der Waals surface area contributed by atoms with E-state index in [9.17, 15) is 17.2 Å². The van der Waals surface area contributed by atoms with Gasteiger partial charge in [-0.2, -0.15) is 0 Å². The van der Waals surface area contributed by atoms with E-state index in [1.807, 2.05) is 4.72 Å². The quantitative estimate of drug-likeness (QED) is 0.612. The lowest BCUT2D eigenvalue weighted by molar-refractivity contribution is 0.579. The first-order valence-electron chi connectivity index (χ1n) is 5.43. The van der Waals surface area contributed by atoms with Gasteiger partial charge in [-0.25, -0.2) is 17.2 Å². The SMILES string of the molecule is Nc1ccc(S(=O)(=O)Nc2cc(Br)c(F)cc2F)c(Cl)c1. The van der Waals surface area contributed by atoms with Gasteiger partial charge in [-0.05, 0) is 40.2 Å². The van der Waals surface area contributed by atoms with Crippen molar-refractivity contribution < 1.29 is 17.2 Å². The van der Waals surface area contributed by atoms with Crippen molar-refractivity contribution in [2.45, 2.75) is 4.90 Å². The predicted molar refractivity (Wildman–Crippen MR) is 80.7 cm³/mol. The zero-order valence-electron chi connectivity index (χ0n) is 10.2. The Labute approximate surface area is 133 Å². The van der Waals surface area contributed by atoms with E-state index in [0.29, 0.717) is 6.07 Å². The average Bonchev–Trinajstić information content (AvgIpc) is 2.35. The number of hydrogen-bond donors (Lipinski definition) is 2. The molecule has 0 bridgehead atoms. The summed E-state index contributed by atoms with van der Waals surface area (Å²) in [4.78, 5) is -0.266. The van der Waals surface area contributed by atoms with Crippen LogP contribution >= 0.6 is 27.5 Å². The second-order valence-electron chi connectivity index (χ2n) is 4.04. The van der Waals surface area contributed by atoms with Crippen molar-refractivity contribution in [3.63, 3.8) is 0 Å². The third-order valence-electron chi connectivity index (χ3n) is 2.50. The lowest BCUT2D eigenvalue weighted by Gasteiger charge is -2.11. The fourth-order valence-electron chi connectivity index (χ4n) is 1.54. The van der Waals surface area contributed by atoms with Crippen LogP contribution in [0.1, 0.15) is 0 Å². The van der Waals surface area contributed by atoms with Crippen molar-refractivity contribution in [2.75, 3.05) is 10.5 Å². The highest BCUT2D eigenvalue weighted by molar-refractivity contribution is 9.10. The maximum absolute atomic E-state index is 13.6. The number of benzene rings is 2. The fraction of sp³-hybridized carbons (Fsp3) is 0. The molecule has 0 fully saturated rings. The Morgan fingerprint density at radius 1 is 1.14 bits per heavy atom. The summed E-state index contributed by atoms with van der Waals surface area (Å²) in [6.45, 7) is 0. The number of hydrogen-bond acceptors (Lipinski definition) is 3. The number of rotatable bonds is 3. The number of sulfonamides is 1. The Morgan fingerprint density at radius 3 is 2.43 bits per heavy atom. The molecule has 21 heavy (non-hydrogen) atoms. The number of nitrogens with one attached hydrogen (secondary N) is 1. The molecular formula is C12H8BrClF2N2O2S. The molecule has 2 aromatic carbocycles. The molecule has 0 aliphatic rings. The van der Waals surface area contributed by atoms with Crippen LogP contribution < -0.4 is 10.5 Å². The van der Waals surface area contributed by atoms with Crippen LogP contribution in [0.15, 0.2) is 39.7 Å². The van der Waals surface area contributed by atoms with Crippen LogP contribution in [0.2, 0.25) is 5.02 Å². The second kappa shape index (κ2) is 5.78. The minimum Gasteiger partial charge on any atom is -0.399 e. The highest BCUT2D eigenvalue weighted by atomic mass is 79.9. The standard InChI is InChI=1S/C12H8BrClF2N2O2S/c13-7-4-11(10(16)5-9(7)15)18-21(19,20)12-2-1-6(17)3-8(12)14/h1-5,18H,17H2. The lowest BCUT2D eigenvalue weighted by Crippen LogP contribution is -2.15. The Kier molecular flexibility index (Phi) is 4.40. The molecule has 2 aromatic rings. The second-order valence-corrected chi connectivity index (χ2v) is 6.95. The molecule has 0 atom stereocenters. The topological polar surface area (TPSA) is 72.2 Å².